The maximum Gasteiger partial charge on any atom is 0.118 e. The molecule has 0 fully saturated rings. The molecular formula is C24H37ClO. The highest BCUT2D eigenvalue weighted by Crippen LogP contribution is 2.22. The van der Waals surface area contributed by atoms with Crippen LogP contribution in [0, 0.1) is 5.41 Å². The van der Waals surface area contributed by atoms with Crippen molar-refractivity contribution in [1.82, 2.24) is 0 Å². The lowest BCUT2D eigenvalue weighted by Crippen LogP contribution is -2.06. The number of rotatable bonds is 4. The Labute approximate surface area is 166 Å². The van der Waals surface area contributed by atoms with Crippen LogP contribution in [0.1, 0.15) is 71.9 Å². The molecule has 0 radical (unpaired) electrons. The minimum Gasteiger partial charge on any atom is -0.497 e. The summed E-state index contributed by atoms with van der Waals surface area (Å²) >= 11 is 5.72. The predicted octanol–water partition coefficient (Wildman–Crippen LogP) is 8.16. The average molecular weight is 377 g/mol. The molecule has 2 aromatic carbocycles. The van der Waals surface area contributed by atoms with Gasteiger partial charge < -0.3 is 4.74 Å². The zero-order chi connectivity index (χ0) is 20.2. The van der Waals surface area contributed by atoms with E-state index in [1.165, 1.54) is 17.5 Å². The van der Waals surface area contributed by atoms with Gasteiger partial charge in [0.2, 0.25) is 0 Å². The van der Waals surface area contributed by atoms with Crippen LogP contribution in [-0.2, 0) is 6.42 Å². The second-order valence-corrected chi connectivity index (χ2v) is 8.05. The van der Waals surface area contributed by atoms with Crippen LogP contribution < -0.4 is 4.74 Å². The number of ether oxygens (including phenoxy) is 1. The third-order valence-corrected chi connectivity index (χ3v) is 4.11. The summed E-state index contributed by atoms with van der Waals surface area (Å²) in [6, 6.07) is 16.3. The number of hydrogen-bond donors (Lipinski definition) is 0. The number of halogens is 1. The Morgan fingerprint density at radius 2 is 1.38 bits per heavy atom. The van der Waals surface area contributed by atoms with E-state index in [0.717, 1.165) is 17.2 Å². The van der Waals surface area contributed by atoms with Gasteiger partial charge in [-0.25, -0.2) is 0 Å². The molecule has 0 aliphatic rings. The molecule has 0 unspecified atom stereocenters. The highest BCUT2D eigenvalue weighted by Gasteiger charge is 2.09. The van der Waals surface area contributed by atoms with Crippen molar-refractivity contribution in [3.63, 3.8) is 0 Å². The molecule has 0 atom stereocenters. The Hall–Kier alpha value is -1.47. The lowest BCUT2D eigenvalue weighted by atomic mass is 9.89. The molecule has 0 N–H and O–H groups in total. The highest BCUT2D eigenvalue weighted by molar-refractivity contribution is 6.30. The summed E-state index contributed by atoms with van der Waals surface area (Å²) in [5.41, 5.74) is 3.14. The second-order valence-electron chi connectivity index (χ2n) is 7.61. The van der Waals surface area contributed by atoms with Crippen molar-refractivity contribution in [2.24, 2.45) is 5.41 Å². The summed E-state index contributed by atoms with van der Waals surface area (Å²) in [5.74, 6) is 1.53. The van der Waals surface area contributed by atoms with E-state index in [2.05, 4.69) is 58.9 Å². The van der Waals surface area contributed by atoms with Crippen molar-refractivity contribution in [3.8, 4) is 5.75 Å². The molecule has 26 heavy (non-hydrogen) atoms. The lowest BCUT2D eigenvalue weighted by molar-refractivity contribution is 0.378. The number of hydrogen-bond acceptors (Lipinski definition) is 1. The molecule has 0 saturated carbocycles. The van der Waals surface area contributed by atoms with Crippen LogP contribution in [0.5, 0.6) is 5.75 Å². The molecule has 0 bridgehead atoms. The third kappa shape index (κ3) is 11.2. The predicted molar refractivity (Wildman–Crippen MR) is 118 cm³/mol. The van der Waals surface area contributed by atoms with Crippen LogP contribution in [0.15, 0.2) is 48.5 Å². The normalized spacial score (nSPS) is 10.4. The van der Waals surface area contributed by atoms with Crippen LogP contribution in [0.2, 0.25) is 5.02 Å². The minimum atomic E-state index is 0.417. The molecule has 2 rings (SSSR count). The zero-order valence-electron chi connectivity index (χ0n) is 17.9. The first-order chi connectivity index (χ1) is 12.2. The minimum absolute atomic E-state index is 0.417. The fraction of sp³-hybridized carbons (Fsp3) is 0.500. The molecule has 0 aromatic heterocycles. The Morgan fingerprint density at radius 1 is 0.885 bits per heavy atom. The van der Waals surface area contributed by atoms with Crippen molar-refractivity contribution in [2.75, 3.05) is 7.11 Å². The van der Waals surface area contributed by atoms with E-state index >= 15 is 0 Å². The molecule has 0 amide bonds. The van der Waals surface area contributed by atoms with Gasteiger partial charge in [0, 0.05) is 5.02 Å². The van der Waals surface area contributed by atoms with E-state index in [1.54, 1.807) is 7.11 Å². The van der Waals surface area contributed by atoms with Crippen molar-refractivity contribution in [1.29, 1.82) is 0 Å². The molecule has 0 spiro atoms. The standard InChI is InChI=1S/C13H20O.C9H11Cl.C2H6/c1-13(2,3)10-9-11-5-7-12(14-4)8-6-11;1-7(2)8-3-5-9(10)6-4-8;1-2/h5-8H,9-10H2,1-4H3;3-7H,1-2H3;1-2H3. The average Bonchev–Trinajstić information content (AvgIpc) is 2.62. The van der Waals surface area contributed by atoms with Gasteiger partial charge in [0.15, 0.2) is 0 Å². The van der Waals surface area contributed by atoms with E-state index in [1.807, 2.05) is 38.1 Å². The van der Waals surface area contributed by atoms with Crippen LogP contribution >= 0.6 is 11.6 Å². The molecular weight excluding hydrogens is 340 g/mol. The summed E-state index contributed by atoms with van der Waals surface area (Å²) in [6.07, 6.45) is 2.37. The Morgan fingerprint density at radius 3 is 1.77 bits per heavy atom. The summed E-state index contributed by atoms with van der Waals surface area (Å²) < 4.78 is 5.11. The fourth-order valence-corrected chi connectivity index (χ4v) is 2.29. The Balaban J connectivity index is 0.000000458. The first-order valence-electron chi connectivity index (χ1n) is 9.59. The summed E-state index contributed by atoms with van der Waals surface area (Å²) in [6.45, 7) is 15.2. The Bertz CT molecular complexity index is 577. The van der Waals surface area contributed by atoms with Gasteiger partial charge in [-0.1, -0.05) is 84.3 Å². The monoisotopic (exact) mass is 376 g/mol. The number of aryl methyl sites for hydroxylation is 1. The topological polar surface area (TPSA) is 9.23 Å². The zero-order valence-corrected chi connectivity index (χ0v) is 18.7. The maximum absolute atomic E-state index is 5.72. The van der Waals surface area contributed by atoms with Crippen LogP contribution in [0.3, 0.4) is 0 Å². The van der Waals surface area contributed by atoms with E-state index in [4.69, 9.17) is 16.3 Å². The van der Waals surface area contributed by atoms with Gasteiger partial charge in [-0.3, -0.25) is 0 Å². The lowest BCUT2D eigenvalue weighted by Gasteiger charge is -2.17. The van der Waals surface area contributed by atoms with E-state index < -0.39 is 0 Å². The third-order valence-electron chi connectivity index (χ3n) is 3.86. The summed E-state index contributed by atoms with van der Waals surface area (Å²) in [5, 5.41) is 0.810. The van der Waals surface area contributed by atoms with Crippen molar-refractivity contribution < 1.29 is 4.74 Å². The van der Waals surface area contributed by atoms with Gasteiger partial charge in [-0.05, 0) is 59.6 Å². The first kappa shape index (κ1) is 24.5. The van der Waals surface area contributed by atoms with Crippen LogP contribution in [-0.4, -0.2) is 7.11 Å². The molecule has 2 heteroatoms. The summed E-state index contributed by atoms with van der Waals surface area (Å²) in [4.78, 5) is 0. The number of methoxy groups -OCH3 is 1. The van der Waals surface area contributed by atoms with E-state index in [0.29, 0.717) is 11.3 Å². The van der Waals surface area contributed by atoms with Gasteiger partial charge in [0.25, 0.3) is 0 Å². The molecule has 0 heterocycles. The SMILES string of the molecule is CC.CC(C)c1ccc(Cl)cc1.COc1ccc(CCC(C)(C)C)cc1. The van der Waals surface area contributed by atoms with Crippen molar-refractivity contribution >= 4 is 11.6 Å². The molecule has 0 aliphatic carbocycles. The van der Waals surface area contributed by atoms with Gasteiger partial charge in [-0.2, -0.15) is 0 Å². The Kier molecular flexibility index (Phi) is 12.1. The molecule has 146 valence electrons. The molecule has 2 aromatic rings. The van der Waals surface area contributed by atoms with E-state index in [9.17, 15) is 0 Å². The maximum atomic E-state index is 5.72. The fourth-order valence-electron chi connectivity index (χ4n) is 2.16. The smallest absolute Gasteiger partial charge is 0.118 e. The van der Waals surface area contributed by atoms with Gasteiger partial charge >= 0.3 is 0 Å². The first-order valence-corrected chi connectivity index (χ1v) is 9.97. The van der Waals surface area contributed by atoms with Crippen molar-refractivity contribution in [3.05, 3.63) is 64.7 Å². The number of benzene rings is 2. The van der Waals surface area contributed by atoms with Gasteiger partial charge in [0.1, 0.15) is 5.75 Å². The highest BCUT2D eigenvalue weighted by atomic mass is 35.5. The molecule has 0 aliphatic heterocycles. The molecule has 1 nitrogen and oxygen atoms in total. The van der Waals surface area contributed by atoms with Gasteiger partial charge in [-0.15, -0.1) is 0 Å². The van der Waals surface area contributed by atoms with Crippen molar-refractivity contribution in [2.45, 2.75) is 67.2 Å². The van der Waals surface area contributed by atoms with Crippen LogP contribution in [0.25, 0.3) is 0 Å². The van der Waals surface area contributed by atoms with E-state index in [-0.39, 0.29) is 0 Å². The quantitative estimate of drug-likeness (QED) is 0.522. The second kappa shape index (κ2) is 12.8. The van der Waals surface area contributed by atoms with Gasteiger partial charge in [0.05, 0.1) is 7.11 Å². The molecule has 0 saturated heterocycles. The largest absolute Gasteiger partial charge is 0.497 e. The van der Waals surface area contributed by atoms with Crippen LogP contribution in [0.4, 0.5) is 0 Å². The summed E-state index contributed by atoms with van der Waals surface area (Å²) in [7, 11) is 1.70.